The fourth-order valence-electron chi connectivity index (χ4n) is 2.19. The predicted molar refractivity (Wildman–Crippen MR) is 85.1 cm³/mol. The average Bonchev–Trinajstić information content (AvgIpc) is 3.14. The summed E-state index contributed by atoms with van der Waals surface area (Å²) < 4.78 is 7.23. The second-order valence-electron chi connectivity index (χ2n) is 5.22. The zero-order chi connectivity index (χ0) is 16.4. The van der Waals surface area contributed by atoms with E-state index in [9.17, 15) is 4.79 Å². The summed E-state index contributed by atoms with van der Waals surface area (Å²) in [5.74, 6) is -0.0185. The number of hydrogen-bond donors (Lipinski definition) is 1. The summed E-state index contributed by atoms with van der Waals surface area (Å²) in [6, 6.07) is 9.46. The van der Waals surface area contributed by atoms with Gasteiger partial charge in [-0.3, -0.25) is 14.8 Å². The van der Waals surface area contributed by atoms with Crippen LogP contribution in [0.3, 0.4) is 0 Å². The summed E-state index contributed by atoms with van der Waals surface area (Å²) in [7, 11) is 0. The molecular weight excluding hydrogens is 294 g/mol. The highest BCUT2D eigenvalue weighted by Gasteiger charge is 2.16. The Hall–Kier alpha value is -2.96. The van der Waals surface area contributed by atoms with Gasteiger partial charge in [-0.15, -0.1) is 5.10 Å². The first-order valence-corrected chi connectivity index (χ1v) is 7.33. The lowest BCUT2D eigenvalue weighted by Gasteiger charge is -1.98. The Morgan fingerprint density at radius 3 is 2.61 bits per heavy atom. The average molecular weight is 311 g/mol. The molecule has 0 bridgehead atoms. The van der Waals surface area contributed by atoms with E-state index < -0.39 is 0 Å². The SMILES string of the molecule is CCn1nc(C(=O)Nc2nnc(-c3ccc(C)cc3)o2)cc1C. The molecule has 3 aromatic rings. The number of carbonyl (C=O) groups excluding carboxylic acids is 1. The maximum Gasteiger partial charge on any atom is 0.322 e. The molecule has 1 N–H and O–H groups in total. The summed E-state index contributed by atoms with van der Waals surface area (Å²) in [5, 5.41) is 14.6. The lowest BCUT2D eigenvalue weighted by Crippen LogP contribution is -2.13. The van der Waals surface area contributed by atoms with Crippen molar-refractivity contribution >= 4 is 11.9 Å². The third-order valence-electron chi connectivity index (χ3n) is 3.46. The molecule has 23 heavy (non-hydrogen) atoms. The number of hydrogen-bond acceptors (Lipinski definition) is 5. The molecule has 0 saturated carbocycles. The Bertz CT molecular complexity index is 833. The van der Waals surface area contributed by atoms with Gasteiger partial charge in [-0.25, -0.2) is 0 Å². The highest BCUT2D eigenvalue weighted by molar-refractivity contribution is 6.01. The number of amides is 1. The minimum absolute atomic E-state index is 0.0503. The van der Waals surface area contributed by atoms with Crippen molar-refractivity contribution in [3.8, 4) is 11.5 Å². The first kappa shape index (κ1) is 15.0. The Morgan fingerprint density at radius 2 is 1.96 bits per heavy atom. The second kappa shape index (κ2) is 6.04. The number of anilines is 1. The molecule has 3 rings (SSSR count). The van der Waals surface area contributed by atoms with Gasteiger partial charge < -0.3 is 4.42 Å². The molecule has 2 aromatic heterocycles. The summed E-state index contributed by atoms with van der Waals surface area (Å²) in [6.07, 6.45) is 0. The number of carbonyl (C=O) groups is 1. The van der Waals surface area contributed by atoms with E-state index in [1.165, 1.54) is 0 Å². The van der Waals surface area contributed by atoms with Gasteiger partial charge in [0.05, 0.1) is 0 Å². The van der Waals surface area contributed by atoms with Crippen molar-refractivity contribution in [1.29, 1.82) is 0 Å². The lowest BCUT2D eigenvalue weighted by atomic mass is 10.1. The van der Waals surface area contributed by atoms with Crippen LogP contribution in [0.1, 0.15) is 28.7 Å². The van der Waals surface area contributed by atoms with Gasteiger partial charge in [0.15, 0.2) is 5.69 Å². The van der Waals surface area contributed by atoms with Crippen LogP contribution in [-0.4, -0.2) is 25.9 Å². The maximum absolute atomic E-state index is 12.2. The standard InChI is InChI=1S/C16H17N5O2/c1-4-21-11(3)9-13(20-21)14(22)17-16-19-18-15(23-16)12-7-5-10(2)6-8-12/h5-9H,4H2,1-3H3,(H,17,19,22). The molecule has 7 nitrogen and oxygen atoms in total. The molecule has 0 atom stereocenters. The fraction of sp³-hybridized carbons (Fsp3) is 0.250. The van der Waals surface area contributed by atoms with Gasteiger partial charge in [0.1, 0.15) is 0 Å². The fourth-order valence-corrected chi connectivity index (χ4v) is 2.19. The summed E-state index contributed by atoms with van der Waals surface area (Å²) in [6.45, 7) is 6.57. The van der Waals surface area contributed by atoms with Crippen LogP contribution >= 0.6 is 0 Å². The zero-order valence-electron chi connectivity index (χ0n) is 13.2. The van der Waals surface area contributed by atoms with Gasteiger partial charge in [-0.1, -0.05) is 22.8 Å². The van der Waals surface area contributed by atoms with Crippen LogP contribution in [0.4, 0.5) is 6.01 Å². The Labute approximate surface area is 133 Å². The van der Waals surface area contributed by atoms with Crippen molar-refractivity contribution in [2.75, 3.05) is 5.32 Å². The first-order chi connectivity index (χ1) is 11.1. The Morgan fingerprint density at radius 1 is 1.22 bits per heavy atom. The number of rotatable bonds is 4. The quantitative estimate of drug-likeness (QED) is 0.800. The van der Waals surface area contributed by atoms with Crippen LogP contribution in [0.2, 0.25) is 0 Å². The van der Waals surface area contributed by atoms with Gasteiger partial charge in [0, 0.05) is 17.8 Å². The molecule has 2 heterocycles. The van der Waals surface area contributed by atoms with E-state index in [0.29, 0.717) is 18.1 Å². The van der Waals surface area contributed by atoms with Crippen LogP contribution in [-0.2, 0) is 6.54 Å². The number of nitrogens with one attached hydrogen (secondary N) is 1. The van der Waals surface area contributed by atoms with E-state index in [0.717, 1.165) is 16.8 Å². The van der Waals surface area contributed by atoms with Gasteiger partial charge >= 0.3 is 6.01 Å². The largest absolute Gasteiger partial charge is 0.403 e. The number of benzene rings is 1. The number of aryl methyl sites for hydroxylation is 3. The van der Waals surface area contributed by atoms with Crippen LogP contribution in [0.15, 0.2) is 34.7 Å². The van der Waals surface area contributed by atoms with Crippen molar-refractivity contribution in [2.24, 2.45) is 0 Å². The van der Waals surface area contributed by atoms with Crippen molar-refractivity contribution in [3.63, 3.8) is 0 Å². The van der Waals surface area contributed by atoms with Gasteiger partial charge in [0.25, 0.3) is 5.91 Å². The maximum atomic E-state index is 12.2. The topological polar surface area (TPSA) is 85.8 Å². The van der Waals surface area contributed by atoms with E-state index in [1.807, 2.05) is 45.0 Å². The molecule has 0 aliphatic rings. The van der Waals surface area contributed by atoms with Gasteiger partial charge in [0.2, 0.25) is 5.89 Å². The van der Waals surface area contributed by atoms with E-state index in [4.69, 9.17) is 4.42 Å². The number of aromatic nitrogens is 4. The third-order valence-corrected chi connectivity index (χ3v) is 3.46. The number of nitrogens with zero attached hydrogens (tertiary/aromatic N) is 4. The highest BCUT2D eigenvalue weighted by Crippen LogP contribution is 2.20. The minimum atomic E-state index is -0.376. The van der Waals surface area contributed by atoms with Crippen LogP contribution < -0.4 is 5.32 Å². The molecule has 0 spiro atoms. The normalized spacial score (nSPS) is 10.7. The molecule has 0 saturated heterocycles. The Balaban J connectivity index is 1.75. The monoisotopic (exact) mass is 311 g/mol. The molecule has 0 radical (unpaired) electrons. The van der Waals surface area contributed by atoms with Gasteiger partial charge in [-0.2, -0.15) is 5.10 Å². The zero-order valence-corrected chi connectivity index (χ0v) is 13.2. The van der Waals surface area contributed by atoms with Crippen LogP contribution in [0, 0.1) is 13.8 Å². The highest BCUT2D eigenvalue weighted by atomic mass is 16.4. The molecule has 1 amide bonds. The van der Waals surface area contributed by atoms with E-state index in [1.54, 1.807) is 10.7 Å². The van der Waals surface area contributed by atoms with Crippen LogP contribution in [0.5, 0.6) is 0 Å². The summed E-state index contributed by atoms with van der Waals surface area (Å²) in [5.41, 5.74) is 3.18. The predicted octanol–water partition coefficient (Wildman–Crippen LogP) is 2.82. The minimum Gasteiger partial charge on any atom is -0.403 e. The van der Waals surface area contributed by atoms with E-state index >= 15 is 0 Å². The molecule has 118 valence electrons. The van der Waals surface area contributed by atoms with E-state index in [-0.39, 0.29) is 11.9 Å². The lowest BCUT2D eigenvalue weighted by molar-refractivity contribution is 0.101. The summed E-state index contributed by atoms with van der Waals surface area (Å²) in [4.78, 5) is 12.2. The molecular formula is C16H17N5O2. The second-order valence-corrected chi connectivity index (χ2v) is 5.22. The smallest absolute Gasteiger partial charge is 0.322 e. The van der Waals surface area contributed by atoms with E-state index in [2.05, 4.69) is 20.6 Å². The molecule has 1 aromatic carbocycles. The van der Waals surface area contributed by atoms with Crippen molar-refractivity contribution in [2.45, 2.75) is 27.3 Å². The van der Waals surface area contributed by atoms with Crippen molar-refractivity contribution in [1.82, 2.24) is 20.0 Å². The Kier molecular flexibility index (Phi) is 3.92. The van der Waals surface area contributed by atoms with Crippen molar-refractivity contribution < 1.29 is 9.21 Å². The molecule has 0 aliphatic heterocycles. The van der Waals surface area contributed by atoms with Crippen LogP contribution in [0.25, 0.3) is 11.5 Å². The molecule has 0 fully saturated rings. The third kappa shape index (κ3) is 3.13. The first-order valence-electron chi connectivity index (χ1n) is 7.33. The van der Waals surface area contributed by atoms with Gasteiger partial charge in [-0.05, 0) is 39.0 Å². The molecule has 7 heteroatoms. The molecule has 0 unspecified atom stereocenters. The molecule has 0 aliphatic carbocycles. The summed E-state index contributed by atoms with van der Waals surface area (Å²) >= 11 is 0. The van der Waals surface area contributed by atoms with Crippen molar-refractivity contribution in [3.05, 3.63) is 47.3 Å².